The molecule has 1 aliphatic carbocycles. The van der Waals surface area contributed by atoms with E-state index in [1.807, 2.05) is 23.1 Å². The number of carbonyl (C=O) groups is 5. The number of aromatic nitrogens is 2. The third-order valence-electron chi connectivity index (χ3n) is 14.3. The summed E-state index contributed by atoms with van der Waals surface area (Å²) in [5.41, 5.74) is 2.41. The van der Waals surface area contributed by atoms with Gasteiger partial charge in [-0.1, -0.05) is 13.8 Å². The van der Waals surface area contributed by atoms with E-state index in [9.17, 15) is 29.2 Å². The fourth-order valence-electron chi connectivity index (χ4n) is 11.2. The number of nitrogens with one attached hydrogen (secondary N) is 2. The van der Waals surface area contributed by atoms with Crippen LogP contribution >= 0.6 is 0 Å². The van der Waals surface area contributed by atoms with Crippen LogP contribution in [0.4, 0.5) is 15.9 Å². The van der Waals surface area contributed by atoms with Gasteiger partial charge >= 0.3 is 0 Å². The number of benzene rings is 2. The van der Waals surface area contributed by atoms with Gasteiger partial charge in [0, 0.05) is 81.1 Å². The zero-order valence-corrected chi connectivity index (χ0v) is 34.7. The van der Waals surface area contributed by atoms with Gasteiger partial charge in [0.1, 0.15) is 24.0 Å². The largest absolute Gasteiger partial charge is 0.488 e. The SMILES string of the molecule is CC1(C)C(NC(=O)c2cnc(N3CCC(CN4CCN(c5ccc6c(c5)C(=O)N(C5CCC(=O)NC5=O)C6=O)CC4)CC3)c(F)c2)C2(C)c3ccnc4c(C#N)ccc(c34)O[C@@H]12. The van der Waals surface area contributed by atoms with Gasteiger partial charge in [-0.2, -0.15) is 5.26 Å². The van der Waals surface area contributed by atoms with Crippen LogP contribution in [0, 0.1) is 28.5 Å². The summed E-state index contributed by atoms with van der Waals surface area (Å²) in [4.78, 5) is 80.9. The molecule has 3 saturated heterocycles. The Bertz CT molecular complexity index is 2650. The number of anilines is 2. The van der Waals surface area contributed by atoms with Crippen LogP contribution in [0.1, 0.15) is 88.7 Å². The number of rotatable bonds is 7. The van der Waals surface area contributed by atoms with Crippen LogP contribution in [0.15, 0.2) is 54.9 Å². The van der Waals surface area contributed by atoms with E-state index in [1.54, 1.807) is 24.4 Å². The molecule has 7 heterocycles. The number of ether oxygens (including phenoxy) is 1. The first-order chi connectivity index (χ1) is 29.8. The van der Waals surface area contributed by atoms with E-state index in [1.165, 1.54) is 12.3 Å². The van der Waals surface area contributed by atoms with Gasteiger partial charge in [0.2, 0.25) is 11.8 Å². The van der Waals surface area contributed by atoms with Crippen molar-refractivity contribution in [3.63, 3.8) is 0 Å². The molecule has 10 rings (SSSR count). The molecular formula is C46H46FN9O6. The maximum absolute atomic E-state index is 15.8. The number of halogens is 1. The summed E-state index contributed by atoms with van der Waals surface area (Å²) >= 11 is 0. The number of carbonyl (C=O) groups excluding carboxylic acids is 5. The molecule has 4 fully saturated rings. The van der Waals surface area contributed by atoms with Crippen molar-refractivity contribution >= 4 is 51.9 Å². The van der Waals surface area contributed by atoms with Crippen molar-refractivity contribution in [1.29, 1.82) is 5.26 Å². The number of hydrogen-bond acceptors (Lipinski definition) is 12. The summed E-state index contributed by atoms with van der Waals surface area (Å²) in [5.74, 6) is -1.69. The Balaban J connectivity index is 0.732. The number of imide groups is 2. The molecule has 5 aliphatic heterocycles. The minimum Gasteiger partial charge on any atom is -0.488 e. The van der Waals surface area contributed by atoms with E-state index in [2.05, 4.69) is 57.2 Å². The molecule has 5 amide bonds. The Morgan fingerprint density at radius 1 is 0.935 bits per heavy atom. The molecule has 1 saturated carbocycles. The molecule has 3 unspecified atom stereocenters. The number of amides is 5. The maximum Gasteiger partial charge on any atom is 0.262 e. The molecule has 0 radical (unpaired) electrons. The molecular weight excluding hydrogens is 794 g/mol. The van der Waals surface area contributed by atoms with Gasteiger partial charge in [-0.05, 0) is 80.1 Å². The molecule has 16 heteroatoms. The standard InChI is InChI=1S/C46H46FN9O6/c1-45(2)43(46(3)31-10-13-49-37-26(22-48)4-8-34(36(31)37)62-44(45)46)52-39(58)27-20-32(47)38(50-23-27)55-14-11-25(12-15-55)24-53-16-18-54(19-17-53)28-5-6-29-30(21-28)42(61)56(41(29)60)33-7-9-35(57)51-40(33)59/h4-6,8,10,13,20-21,23,25,33,43-44H,7,9,11-12,14-19,24H2,1-3H3,(H,52,58)(H,51,57,59)/t33?,43?,44-,46?/m0/s1. The van der Waals surface area contributed by atoms with E-state index in [4.69, 9.17) is 4.74 Å². The van der Waals surface area contributed by atoms with Crippen molar-refractivity contribution in [2.45, 2.75) is 70.1 Å². The zero-order chi connectivity index (χ0) is 43.2. The normalized spacial score (nSPS) is 25.7. The highest BCUT2D eigenvalue weighted by Crippen LogP contribution is 2.61. The molecule has 318 valence electrons. The number of nitriles is 1. The van der Waals surface area contributed by atoms with Gasteiger partial charge in [-0.25, -0.2) is 9.37 Å². The van der Waals surface area contributed by atoms with Crippen molar-refractivity contribution in [1.82, 2.24) is 30.4 Å². The van der Waals surface area contributed by atoms with Crippen LogP contribution in [0.25, 0.3) is 10.9 Å². The second kappa shape index (κ2) is 14.6. The average molecular weight is 840 g/mol. The van der Waals surface area contributed by atoms with Crippen LogP contribution in [-0.2, 0) is 15.0 Å². The number of nitrogens with zero attached hydrogens (tertiary/aromatic N) is 7. The van der Waals surface area contributed by atoms with Gasteiger partial charge < -0.3 is 19.9 Å². The molecule has 0 spiro atoms. The summed E-state index contributed by atoms with van der Waals surface area (Å²) in [7, 11) is 0. The van der Waals surface area contributed by atoms with Gasteiger partial charge in [0.15, 0.2) is 11.6 Å². The Morgan fingerprint density at radius 2 is 1.69 bits per heavy atom. The number of piperidine rings is 2. The van der Waals surface area contributed by atoms with Crippen molar-refractivity contribution in [2.75, 3.05) is 55.6 Å². The quantitative estimate of drug-likeness (QED) is 0.257. The summed E-state index contributed by atoms with van der Waals surface area (Å²) in [6.07, 6.45) is 4.81. The summed E-state index contributed by atoms with van der Waals surface area (Å²) in [6.45, 7) is 11.5. The number of hydrogen-bond donors (Lipinski definition) is 2. The lowest BCUT2D eigenvalue weighted by molar-refractivity contribution is -0.136. The third-order valence-corrected chi connectivity index (χ3v) is 14.3. The van der Waals surface area contributed by atoms with Gasteiger partial charge in [-0.15, -0.1) is 0 Å². The second-order valence-electron chi connectivity index (χ2n) is 18.2. The van der Waals surface area contributed by atoms with Gasteiger partial charge in [0.05, 0.1) is 39.2 Å². The van der Waals surface area contributed by atoms with Crippen LogP contribution in [-0.4, -0.2) is 113 Å². The zero-order valence-electron chi connectivity index (χ0n) is 34.7. The molecule has 2 aromatic carbocycles. The average Bonchev–Trinajstić information content (AvgIpc) is 3.52. The summed E-state index contributed by atoms with van der Waals surface area (Å²) in [5, 5.41) is 15.9. The van der Waals surface area contributed by atoms with Crippen LogP contribution in [0.2, 0.25) is 0 Å². The van der Waals surface area contributed by atoms with Crippen LogP contribution in [0.5, 0.6) is 5.75 Å². The molecule has 2 N–H and O–H groups in total. The molecule has 2 aromatic heterocycles. The van der Waals surface area contributed by atoms with Crippen LogP contribution < -0.4 is 25.2 Å². The Labute approximate surface area is 357 Å². The molecule has 4 atom stereocenters. The minimum atomic E-state index is -0.999. The fraction of sp³-hybridized carbons (Fsp3) is 0.435. The van der Waals surface area contributed by atoms with Crippen molar-refractivity contribution in [3.05, 3.63) is 88.5 Å². The van der Waals surface area contributed by atoms with E-state index in [0.717, 1.165) is 67.1 Å². The lowest BCUT2D eigenvalue weighted by Gasteiger charge is -2.66. The summed E-state index contributed by atoms with van der Waals surface area (Å²) in [6, 6.07) is 12.8. The molecule has 62 heavy (non-hydrogen) atoms. The Kier molecular flexibility index (Phi) is 9.32. The lowest BCUT2D eigenvalue weighted by Crippen LogP contribution is -2.78. The maximum atomic E-state index is 15.8. The highest BCUT2D eigenvalue weighted by atomic mass is 19.1. The summed E-state index contributed by atoms with van der Waals surface area (Å²) < 4.78 is 22.3. The van der Waals surface area contributed by atoms with E-state index < -0.39 is 52.2 Å². The number of fused-ring (bicyclic) bond motifs is 3. The topological polar surface area (TPSA) is 181 Å². The second-order valence-corrected chi connectivity index (χ2v) is 18.2. The van der Waals surface area contributed by atoms with Crippen molar-refractivity contribution in [2.24, 2.45) is 11.3 Å². The Morgan fingerprint density at radius 3 is 2.42 bits per heavy atom. The highest BCUT2D eigenvalue weighted by molar-refractivity contribution is 6.23. The smallest absolute Gasteiger partial charge is 0.262 e. The molecule has 15 nitrogen and oxygen atoms in total. The molecule has 4 aromatic rings. The predicted octanol–water partition coefficient (Wildman–Crippen LogP) is 3.94. The third kappa shape index (κ3) is 6.11. The van der Waals surface area contributed by atoms with Crippen molar-refractivity contribution in [3.8, 4) is 11.8 Å². The molecule has 0 bridgehead atoms. The van der Waals surface area contributed by atoms with Gasteiger partial charge in [0.25, 0.3) is 17.7 Å². The van der Waals surface area contributed by atoms with E-state index in [-0.39, 0.29) is 47.5 Å². The first-order valence-corrected chi connectivity index (χ1v) is 21.3. The first kappa shape index (κ1) is 39.7. The fourth-order valence-corrected chi connectivity index (χ4v) is 11.2. The number of piperazine rings is 1. The predicted molar refractivity (Wildman–Crippen MR) is 224 cm³/mol. The minimum absolute atomic E-state index is 0.0718. The van der Waals surface area contributed by atoms with Crippen molar-refractivity contribution < 1.29 is 33.1 Å². The van der Waals surface area contributed by atoms with E-state index in [0.29, 0.717) is 35.8 Å². The van der Waals surface area contributed by atoms with E-state index >= 15 is 4.39 Å². The lowest BCUT2D eigenvalue weighted by atomic mass is 9.45. The Hall–Kier alpha value is -6.47. The van der Waals surface area contributed by atoms with Gasteiger partial charge in [-0.3, -0.25) is 44.1 Å². The monoisotopic (exact) mass is 839 g/mol. The number of pyridine rings is 2. The first-order valence-electron chi connectivity index (χ1n) is 21.3. The molecule has 6 aliphatic rings. The highest BCUT2D eigenvalue weighted by Gasteiger charge is 2.69. The van der Waals surface area contributed by atoms with Crippen LogP contribution in [0.3, 0.4) is 0 Å².